The average Bonchev–Trinajstić information content (AvgIpc) is 2.37. The van der Waals surface area contributed by atoms with Crippen molar-refractivity contribution < 1.29 is 9.18 Å². The van der Waals surface area contributed by atoms with Gasteiger partial charge in [0, 0.05) is 11.3 Å². The molecule has 0 aliphatic rings. The predicted molar refractivity (Wildman–Crippen MR) is 78.0 cm³/mol. The van der Waals surface area contributed by atoms with Gasteiger partial charge in [0.2, 0.25) is 0 Å². The fraction of sp³-hybridized carbons (Fsp3) is 0.133. The van der Waals surface area contributed by atoms with Crippen molar-refractivity contribution >= 4 is 27.5 Å². The molecule has 19 heavy (non-hydrogen) atoms. The number of aryl methyl sites for hydroxylation is 1. The van der Waals surface area contributed by atoms with Gasteiger partial charge in [0.25, 0.3) is 5.91 Å². The van der Waals surface area contributed by atoms with Crippen LogP contribution in [0.15, 0.2) is 40.9 Å². The van der Waals surface area contributed by atoms with Crippen LogP contribution in [0.25, 0.3) is 0 Å². The van der Waals surface area contributed by atoms with E-state index in [4.69, 9.17) is 0 Å². The van der Waals surface area contributed by atoms with Crippen molar-refractivity contribution in [3.8, 4) is 0 Å². The van der Waals surface area contributed by atoms with Crippen LogP contribution in [0.3, 0.4) is 0 Å². The summed E-state index contributed by atoms with van der Waals surface area (Å²) in [6, 6.07) is 10.0. The molecule has 0 heterocycles. The van der Waals surface area contributed by atoms with Gasteiger partial charge >= 0.3 is 0 Å². The first-order valence-electron chi connectivity index (χ1n) is 5.81. The third-order valence-electron chi connectivity index (χ3n) is 3.03. The molecule has 0 fully saturated rings. The summed E-state index contributed by atoms with van der Waals surface area (Å²) in [5, 5.41) is 2.69. The van der Waals surface area contributed by atoms with E-state index in [-0.39, 0.29) is 5.91 Å². The number of hydrogen-bond donors (Lipinski definition) is 1. The molecule has 1 N–H and O–H groups in total. The van der Waals surface area contributed by atoms with Gasteiger partial charge in [-0.1, -0.05) is 12.1 Å². The molecule has 0 bridgehead atoms. The fourth-order valence-corrected chi connectivity index (χ4v) is 2.02. The van der Waals surface area contributed by atoms with Crippen LogP contribution in [0, 0.1) is 19.7 Å². The average molecular weight is 322 g/mol. The largest absolute Gasteiger partial charge is 0.322 e. The molecule has 1 amide bonds. The standard InChI is InChI=1S/C15H13BrFNO/c1-9-4-3-5-12(10(9)2)15(19)18-11-6-7-13(16)14(17)8-11/h3-8H,1-2H3,(H,18,19). The van der Waals surface area contributed by atoms with Gasteiger partial charge in [0.1, 0.15) is 5.82 Å². The molecule has 0 atom stereocenters. The van der Waals surface area contributed by atoms with E-state index in [2.05, 4.69) is 21.2 Å². The number of amides is 1. The van der Waals surface area contributed by atoms with Crippen molar-refractivity contribution in [3.05, 3.63) is 63.4 Å². The van der Waals surface area contributed by atoms with E-state index in [1.807, 2.05) is 26.0 Å². The second-order valence-corrected chi connectivity index (χ2v) is 5.18. The molecule has 0 spiro atoms. The monoisotopic (exact) mass is 321 g/mol. The quantitative estimate of drug-likeness (QED) is 0.869. The zero-order valence-corrected chi connectivity index (χ0v) is 12.2. The Labute approximate surface area is 119 Å². The van der Waals surface area contributed by atoms with Crippen molar-refractivity contribution in [3.63, 3.8) is 0 Å². The van der Waals surface area contributed by atoms with Crippen LogP contribution >= 0.6 is 15.9 Å². The van der Waals surface area contributed by atoms with Gasteiger partial charge in [-0.2, -0.15) is 0 Å². The Hall–Kier alpha value is -1.68. The summed E-state index contributed by atoms with van der Waals surface area (Å²) >= 11 is 3.07. The number of halogens is 2. The summed E-state index contributed by atoms with van der Waals surface area (Å²) in [5.74, 6) is -0.637. The maximum atomic E-state index is 13.4. The van der Waals surface area contributed by atoms with Gasteiger partial charge in [0.05, 0.1) is 4.47 Å². The molecule has 2 nitrogen and oxygen atoms in total. The van der Waals surface area contributed by atoms with Crippen LogP contribution in [0.2, 0.25) is 0 Å². The Bertz CT molecular complexity index is 640. The second kappa shape index (κ2) is 5.53. The normalized spacial score (nSPS) is 10.3. The number of rotatable bonds is 2. The van der Waals surface area contributed by atoms with Gasteiger partial charge in [-0.25, -0.2) is 4.39 Å². The molecule has 0 aliphatic heterocycles. The van der Waals surface area contributed by atoms with E-state index in [0.717, 1.165) is 11.1 Å². The molecule has 4 heteroatoms. The molecule has 0 unspecified atom stereocenters. The van der Waals surface area contributed by atoms with Crippen molar-refractivity contribution in [1.82, 2.24) is 0 Å². The second-order valence-electron chi connectivity index (χ2n) is 4.33. The topological polar surface area (TPSA) is 29.1 Å². The first kappa shape index (κ1) is 13.7. The van der Waals surface area contributed by atoms with E-state index in [1.165, 1.54) is 6.07 Å². The highest BCUT2D eigenvalue weighted by Crippen LogP contribution is 2.20. The molecule has 2 aromatic carbocycles. The lowest BCUT2D eigenvalue weighted by Gasteiger charge is -2.09. The smallest absolute Gasteiger partial charge is 0.255 e. The van der Waals surface area contributed by atoms with Crippen molar-refractivity contribution in [2.75, 3.05) is 5.32 Å². The van der Waals surface area contributed by atoms with Gasteiger partial charge in [-0.15, -0.1) is 0 Å². The molecule has 0 saturated carbocycles. The highest BCUT2D eigenvalue weighted by atomic mass is 79.9. The highest BCUT2D eigenvalue weighted by Gasteiger charge is 2.11. The van der Waals surface area contributed by atoms with Gasteiger partial charge < -0.3 is 5.32 Å². The number of carbonyl (C=O) groups excluding carboxylic acids is 1. The Morgan fingerprint density at radius 2 is 1.95 bits per heavy atom. The van der Waals surface area contributed by atoms with E-state index >= 15 is 0 Å². The molecule has 98 valence electrons. The number of benzene rings is 2. The molecule has 0 saturated heterocycles. The van der Waals surface area contributed by atoms with Crippen LogP contribution in [0.5, 0.6) is 0 Å². The fourth-order valence-electron chi connectivity index (χ4n) is 1.77. The van der Waals surface area contributed by atoms with Crippen LogP contribution < -0.4 is 5.32 Å². The first-order valence-corrected chi connectivity index (χ1v) is 6.61. The highest BCUT2D eigenvalue weighted by molar-refractivity contribution is 9.10. The minimum Gasteiger partial charge on any atom is -0.322 e. The van der Waals surface area contributed by atoms with E-state index in [1.54, 1.807) is 18.2 Å². The lowest BCUT2D eigenvalue weighted by atomic mass is 10.0. The lowest BCUT2D eigenvalue weighted by molar-refractivity contribution is 0.102. The number of anilines is 1. The lowest BCUT2D eigenvalue weighted by Crippen LogP contribution is -2.14. The number of nitrogens with one attached hydrogen (secondary N) is 1. The Morgan fingerprint density at radius 1 is 1.21 bits per heavy atom. The molecule has 0 aromatic heterocycles. The number of carbonyl (C=O) groups is 1. The SMILES string of the molecule is Cc1cccc(C(=O)Nc2ccc(Br)c(F)c2)c1C. The zero-order valence-electron chi connectivity index (χ0n) is 10.6. The van der Waals surface area contributed by atoms with Crippen molar-refractivity contribution in [1.29, 1.82) is 0 Å². The van der Waals surface area contributed by atoms with Gasteiger partial charge in [0.15, 0.2) is 0 Å². The third kappa shape index (κ3) is 3.01. The predicted octanol–water partition coefficient (Wildman–Crippen LogP) is 4.46. The third-order valence-corrected chi connectivity index (χ3v) is 3.67. The van der Waals surface area contributed by atoms with E-state index in [0.29, 0.717) is 15.7 Å². The summed E-state index contributed by atoms with van der Waals surface area (Å²) in [6.07, 6.45) is 0. The van der Waals surface area contributed by atoms with Crippen LogP contribution in [0.1, 0.15) is 21.5 Å². The Balaban J connectivity index is 2.26. The van der Waals surface area contributed by atoms with E-state index < -0.39 is 5.82 Å². The molecular formula is C15H13BrFNO. The maximum Gasteiger partial charge on any atom is 0.255 e. The molecule has 2 rings (SSSR count). The van der Waals surface area contributed by atoms with Crippen molar-refractivity contribution in [2.45, 2.75) is 13.8 Å². The minimum absolute atomic E-state index is 0.233. The van der Waals surface area contributed by atoms with Crippen molar-refractivity contribution in [2.24, 2.45) is 0 Å². The van der Waals surface area contributed by atoms with Crippen LogP contribution in [-0.2, 0) is 0 Å². The summed E-state index contributed by atoms with van der Waals surface area (Å²) < 4.78 is 13.7. The molecule has 0 aliphatic carbocycles. The molecular weight excluding hydrogens is 309 g/mol. The maximum absolute atomic E-state index is 13.4. The Morgan fingerprint density at radius 3 is 2.63 bits per heavy atom. The summed E-state index contributed by atoms with van der Waals surface area (Å²) in [5.41, 5.74) is 3.02. The van der Waals surface area contributed by atoms with E-state index in [9.17, 15) is 9.18 Å². The van der Waals surface area contributed by atoms with Gasteiger partial charge in [-0.3, -0.25) is 4.79 Å². The molecule has 0 radical (unpaired) electrons. The molecule has 2 aromatic rings. The Kier molecular flexibility index (Phi) is 4.00. The minimum atomic E-state index is -0.404. The summed E-state index contributed by atoms with van der Waals surface area (Å²) in [4.78, 5) is 12.1. The van der Waals surface area contributed by atoms with Crippen LogP contribution in [-0.4, -0.2) is 5.91 Å². The van der Waals surface area contributed by atoms with Crippen LogP contribution in [0.4, 0.5) is 10.1 Å². The van der Waals surface area contributed by atoms with Gasteiger partial charge in [-0.05, 0) is 65.2 Å². The first-order chi connectivity index (χ1) is 8.99. The summed E-state index contributed by atoms with van der Waals surface area (Å²) in [6.45, 7) is 3.85. The summed E-state index contributed by atoms with van der Waals surface area (Å²) in [7, 11) is 0. The number of hydrogen-bond acceptors (Lipinski definition) is 1. The zero-order chi connectivity index (χ0) is 14.0.